The lowest BCUT2D eigenvalue weighted by Gasteiger charge is -2.05. The Balaban J connectivity index is 2.52. The SMILES string of the molecule is Cc1cccc(-c2ccc(C)c(C=O)c2)c1. The van der Waals surface area contributed by atoms with Gasteiger partial charge in [-0.05, 0) is 36.6 Å². The average Bonchev–Trinajstić information content (AvgIpc) is 2.29. The van der Waals surface area contributed by atoms with E-state index in [4.69, 9.17) is 0 Å². The molecule has 2 aromatic carbocycles. The number of hydrogen-bond acceptors (Lipinski definition) is 1. The molecule has 0 saturated carbocycles. The standard InChI is InChI=1S/C15H14O/c1-11-4-3-5-13(8-11)14-7-6-12(2)15(9-14)10-16/h3-10H,1-2H3. The van der Waals surface area contributed by atoms with E-state index >= 15 is 0 Å². The van der Waals surface area contributed by atoms with Gasteiger partial charge in [0.15, 0.2) is 0 Å². The number of rotatable bonds is 2. The third-order valence-electron chi connectivity index (χ3n) is 2.76. The molecule has 2 rings (SSSR count). The smallest absolute Gasteiger partial charge is 0.150 e. The highest BCUT2D eigenvalue weighted by Crippen LogP contribution is 2.22. The van der Waals surface area contributed by atoms with Crippen LogP contribution in [0.15, 0.2) is 42.5 Å². The van der Waals surface area contributed by atoms with Crippen molar-refractivity contribution in [2.75, 3.05) is 0 Å². The number of aryl methyl sites for hydroxylation is 2. The first-order valence-corrected chi connectivity index (χ1v) is 5.33. The van der Waals surface area contributed by atoms with Crippen molar-refractivity contribution in [1.29, 1.82) is 0 Å². The van der Waals surface area contributed by atoms with Crippen LogP contribution >= 0.6 is 0 Å². The molecular weight excluding hydrogens is 196 g/mol. The van der Waals surface area contributed by atoms with E-state index in [1.807, 2.05) is 25.1 Å². The molecular formula is C15H14O. The van der Waals surface area contributed by atoms with Crippen molar-refractivity contribution in [1.82, 2.24) is 0 Å². The maximum Gasteiger partial charge on any atom is 0.150 e. The van der Waals surface area contributed by atoms with Crippen molar-refractivity contribution in [3.05, 3.63) is 59.2 Å². The summed E-state index contributed by atoms with van der Waals surface area (Å²) in [6.07, 6.45) is 0.911. The molecule has 0 radical (unpaired) electrons. The first-order valence-electron chi connectivity index (χ1n) is 5.33. The molecule has 1 nitrogen and oxygen atoms in total. The quantitative estimate of drug-likeness (QED) is 0.689. The molecule has 0 N–H and O–H groups in total. The molecule has 0 aliphatic heterocycles. The Morgan fingerprint density at radius 3 is 2.38 bits per heavy atom. The van der Waals surface area contributed by atoms with Gasteiger partial charge in [-0.15, -0.1) is 0 Å². The van der Waals surface area contributed by atoms with Crippen LogP contribution in [0.25, 0.3) is 11.1 Å². The van der Waals surface area contributed by atoms with E-state index in [0.29, 0.717) is 0 Å². The molecule has 0 aromatic heterocycles. The number of carbonyl (C=O) groups excluding carboxylic acids is 1. The summed E-state index contributed by atoms with van der Waals surface area (Å²) in [5, 5.41) is 0. The molecule has 1 heteroatoms. The van der Waals surface area contributed by atoms with Gasteiger partial charge in [0, 0.05) is 5.56 Å². The Morgan fingerprint density at radius 1 is 0.938 bits per heavy atom. The summed E-state index contributed by atoms with van der Waals surface area (Å²) in [6, 6.07) is 14.3. The molecule has 0 aliphatic carbocycles. The fourth-order valence-corrected chi connectivity index (χ4v) is 1.77. The van der Waals surface area contributed by atoms with Gasteiger partial charge in [0.25, 0.3) is 0 Å². The first kappa shape index (κ1) is 10.6. The highest BCUT2D eigenvalue weighted by Gasteiger charge is 2.01. The van der Waals surface area contributed by atoms with Gasteiger partial charge in [0.2, 0.25) is 0 Å². The van der Waals surface area contributed by atoms with Crippen LogP contribution < -0.4 is 0 Å². The molecule has 0 fully saturated rings. The maximum atomic E-state index is 10.9. The number of benzene rings is 2. The summed E-state index contributed by atoms with van der Waals surface area (Å²) in [5.41, 5.74) is 5.26. The molecule has 0 bridgehead atoms. The van der Waals surface area contributed by atoms with Gasteiger partial charge in [-0.1, -0.05) is 42.0 Å². The van der Waals surface area contributed by atoms with Gasteiger partial charge in [0.05, 0.1) is 0 Å². The normalized spacial score (nSPS) is 10.1. The summed E-state index contributed by atoms with van der Waals surface area (Å²) < 4.78 is 0. The van der Waals surface area contributed by atoms with Crippen LogP contribution in [0, 0.1) is 13.8 Å². The molecule has 0 unspecified atom stereocenters. The molecule has 0 atom stereocenters. The number of hydrogen-bond donors (Lipinski definition) is 0. The highest BCUT2D eigenvalue weighted by molar-refractivity contribution is 5.81. The largest absolute Gasteiger partial charge is 0.298 e. The van der Waals surface area contributed by atoms with E-state index in [0.717, 1.165) is 28.5 Å². The van der Waals surface area contributed by atoms with Crippen molar-refractivity contribution in [2.45, 2.75) is 13.8 Å². The maximum absolute atomic E-state index is 10.9. The lowest BCUT2D eigenvalue weighted by Crippen LogP contribution is -1.87. The third kappa shape index (κ3) is 2.03. The molecule has 0 amide bonds. The van der Waals surface area contributed by atoms with Gasteiger partial charge in [0.1, 0.15) is 6.29 Å². The molecule has 0 spiro atoms. The lowest BCUT2D eigenvalue weighted by atomic mass is 9.99. The lowest BCUT2D eigenvalue weighted by molar-refractivity contribution is 0.112. The van der Waals surface area contributed by atoms with E-state index in [2.05, 4.69) is 31.2 Å². The first-order chi connectivity index (χ1) is 7.70. The minimum Gasteiger partial charge on any atom is -0.298 e. The van der Waals surface area contributed by atoms with Gasteiger partial charge in [-0.2, -0.15) is 0 Å². The monoisotopic (exact) mass is 210 g/mol. The predicted octanol–water partition coefficient (Wildman–Crippen LogP) is 3.78. The third-order valence-corrected chi connectivity index (χ3v) is 2.76. The van der Waals surface area contributed by atoms with Gasteiger partial charge < -0.3 is 0 Å². The fraction of sp³-hybridized carbons (Fsp3) is 0.133. The van der Waals surface area contributed by atoms with Crippen molar-refractivity contribution in [2.24, 2.45) is 0 Å². The zero-order chi connectivity index (χ0) is 11.5. The topological polar surface area (TPSA) is 17.1 Å². The molecule has 0 aliphatic rings. The van der Waals surface area contributed by atoms with Crippen LogP contribution in [0.1, 0.15) is 21.5 Å². The zero-order valence-corrected chi connectivity index (χ0v) is 9.53. The van der Waals surface area contributed by atoms with Crippen LogP contribution in [0.5, 0.6) is 0 Å². The van der Waals surface area contributed by atoms with E-state index < -0.39 is 0 Å². The second kappa shape index (κ2) is 4.31. The number of carbonyl (C=O) groups is 1. The van der Waals surface area contributed by atoms with Crippen molar-refractivity contribution < 1.29 is 4.79 Å². The molecule has 0 heterocycles. The highest BCUT2D eigenvalue weighted by atomic mass is 16.1. The van der Waals surface area contributed by atoms with E-state index in [-0.39, 0.29) is 0 Å². The van der Waals surface area contributed by atoms with Crippen LogP contribution in [0.4, 0.5) is 0 Å². The Hall–Kier alpha value is -1.89. The van der Waals surface area contributed by atoms with Crippen molar-refractivity contribution in [3.8, 4) is 11.1 Å². The fourth-order valence-electron chi connectivity index (χ4n) is 1.77. The minimum atomic E-state index is 0.763. The van der Waals surface area contributed by atoms with Crippen LogP contribution in [0.3, 0.4) is 0 Å². The Labute approximate surface area is 95.7 Å². The van der Waals surface area contributed by atoms with E-state index in [1.54, 1.807) is 0 Å². The summed E-state index contributed by atoms with van der Waals surface area (Å²) in [4.78, 5) is 10.9. The predicted molar refractivity (Wildman–Crippen MR) is 66.7 cm³/mol. The average molecular weight is 210 g/mol. The summed E-state index contributed by atoms with van der Waals surface area (Å²) >= 11 is 0. The summed E-state index contributed by atoms with van der Waals surface area (Å²) in [7, 11) is 0. The summed E-state index contributed by atoms with van der Waals surface area (Å²) in [5.74, 6) is 0. The number of aldehydes is 1. The molecule has 16 heavy (non-hydrogen) atoms. The summed E-state index contributed by atoms with van der Waals surface area (Å²) in [6.45, 7) is 4.02. The van der Waals surface area contributed by atoms with Crippen LogP contribution in [0.2, 0.25) is 0 Å². The van der Waals surface area contributed by atoms with Crippen molar-refractivity contribution in [3.63, 3.8) is 0 Å². The molecule has 0 saturated heterocycles. The van der Waals surface area contributed by atoms with Crippen LogP contribution in [-0.2, 0) is 0 Å². The zero-order valence-electron chi connectivity index (χ0n) is 9.53. The van der Waals surface area contributed by atoms with E-state index in [9.17, 15) is 4.79 Å². The Bertz CT molecular complexity index is 527. The van der Waals surface area contributed by atoms with Crippen LogP contribution in [-0.4, -0.2) is 6.29 Å². The van der Waals surface area contributed by atoms with Gasteiger partial charge in [-0.25, -0.2) is 0 Å². The molecule has 2 aromatic rings. The second-order valence-corrected chi connectivity index (χ2v) is 4.06. The minimum absolute atomic E-state index is 0.763. The molecule has 80 valence electrons. The Kier molecular flexibility index (Phi) is 2.86. The van der Waals surface area contributed by atoms with Gasteiger partial charge >= 0.3 is 0 Å². The van der Waals surface area contributed by atoms with Crippen molar-refractivity contribution >= 4 is 6.29 Å². The Morgan fingerprint density at radius 2 is 1.69 bits per heavy atom. The van der Waals surface area contributed by atoms with Gasteiger partial charge in [-0.3, -0.25) is 4.79 Å². The second-order valence-electron chi connectivity index (χ2n) is 4.06. The van der Waals surface area contributed by atoms with E-state index in [1.165, 1.54) is 5.56 Å².